The molecule has 2 unspecified atom stereocenters. The highest BCUT2D eigenvalue weighted by atomic mass is 19.1. The lowest BCUT2D eigenvalue weighted by Gasteiger charge is -2.44. The summed E-state index contributed by atoms with van der Waals surface area (Å²) >= 11 is 0. The maximum absolute atomic E-state index is 13.4. The predicted octanol–water partition coefficient (Wildman–Crippen LogP) is 2.72. The first-order valence-corrected chi connectivity index (χ1v) is 11.2. The van der Waals surface area contributed by atoms with Gasteiger partial charge in [-0.3, -0.25) is 4.79 Å². The summed E-state index contributed by atoms with van der Waals surface area (Å²) in [5.74, 6) is 0.0559. The Morgan fingerprint density at radius 3 is 2.87 bits per heavy atom. The van der Waals surface area contributed by atoms with E-state index in [2.05, 4.69) is 15.4 Å². The van der Waals surface area contributed by atoms with Crippen molar-refractivity contribution >= 4 is 16.9 Å². The SMILES string of the molecule is CC1=C(CCN2CCC(c3noc4cc(F)ccc34)CC2)C(=O)N2CCCC(O)C2N1. The number of aliphatic hydroxyl groups is 1. The van der Waals surface area contributed by atoms with Crippen LogP contribution < -0.4 is 5.32 Å². The van der Waals surface area contributed by atoms with Gasteiger partial charge in [-0.25, -0.2) is 4.39 Å². The van der Waals surface area contributed by atoms with Crippen molar-refractivity contribution in [2.45, 2.75) is 57.2 Å². The number of halogens is 1. The van der Waals surface area contributed by atoms with Crippen molar-refractivity contribution in [1.82, 2.24) is 20.3 Å². The van der Waals surface area contributed by atoms with Gasteiger partial charge < -0.3 is 24.7 Å². The topological polar surface area (TPSA) is 81.8 Å². The Balaban J connectivity index is 1.19. The molecular weight excluding hydrogens is 399 g/mol. The lowest BCUT2D eigenvalue weighted by atomic mass is 9.91. The van der Waals surface area contributed by atoms with E-state index in [1.165, 1.54) is 12.1 Å². The van der Waals surface area contributed by atoms with Gasteiger partial charge in [-0.05, 0) is 64.3 Å². The molecule has 2 atom stereocenters. The lowest BCUT2D eigenvalue weighted by molar-refractivity contribution is -0.137. The fourth-order valence-corrected chi connectivity index (χ4v) is 5.24. The molecular formula is C23H29FN4O3. The molecule has 0 aliphatic carbocycles. The largest absolute Gasteiger partial charge is 0.389 e. The van der Waals surface area contributed by atoms with Crippen LogP contribution in [-0.2, 0) is 4.79 Å². The van der Waals surface area contributed by atoms with E-state index in [9.17, 15) is 14.3 Å². The van der Waals surface area contributed by atoms with Crippen LogP contribution in [0, 0.1) is 5.82 Å². The number of carbonyl (C=O) groups excluding carboxylic acids is 1. The Labute approximate surface area is 180 Å². The van der Waals surface area contributed by atoms with Crippen molar-refractivity contribution in [3.8, 4) is 0 Å². The van der Waals surface area contributed by atoms with E-state index in [1.54, 1.807) is 11.0 Å². The number of aromatic nitrogens is 1. The molecule has 1 aromatic carbocycles. The zero-order chi connectivity index (χ0) is 21.5. The summed E-state index contributed by atoms with van der Waals surface area (Å²) in [4.78, 5) is 17.2. The first-order valence-electron chi connectivity index (χ1n) is 11.2. The molecule has 3 aliphatic rings. The van der Waals surface area contributed by atoms with Crippen LogP contribution in [0.4, 0.5) is 4.39 Å². The number of nitrogens with one attached hydrogen (secondary N) is 1. The third kappa shape index (κ3) is 3.83. The Morgan fingerprint density at radius 2 is 2.06 bits per heavy atom. The number of benzene rings is 1. The number of likely N-dealkylation sites (tertiary alicyclic amines) is 1. The second-order valence-electron chi connectivity index (χ2n) is 8.98. The number of carbonyl (C=O) groups is 1. The van der Waals surface area contributed by atoms with Gasteiger partial charge in [0.05, 0.1) is 11.8 Å². The third-order valence-corrected chi connectivity index (χ3v) is 7.05. The van der Waals surface area contributed by atoms with Crippen LogP contribution in [0.2, 0.25) is 0 Å². The van der Waals surface area contributed by atoms with Gasteiger partial charge in [0.1, 0.15) is 12.0 Å². The molecule has 7 nitrogen and oxygen atoms in total. The van der Waals surface area contributed by atoms with Crippen LogP contribution in [-0.4, -0.2) is 64.4 Å². The standard InChI is InChI=1S/C23H29FN4O3/c1-14-17(23(30)28-9-2-3-19(29)22(28)25-14)8-12-27-10-6-15(7-11-27)21-18-5-4-16(24)13-20(18)31-26-21/h4-5,13,15,19,22,25,29H,2-3,6-12H2,1H3. The molecule has 1 amide bonds. The minimum Gasteiger partial charge on any atom is -0.389 e. The minimum absolute atomic E-state index is 0.0659. The van der Waals surface area contributed by atoms with Crippen molar-refractivity contribution in [1.29, 1.82) is 0 Å². The number of amides is 1. The molecule has 2 N–H and O–H groups in total. The molecule has 8 heteroatoms. The van der Waals surface area contributed by atoms with E-state index >= 15 is 0 Å². The Bertz CT molecular complexity index is 1010. The quantitative estimate of drug-likeness (QED) is 0.779. The zero-order valence-corrected chi connectivity index (χ0v) is 17.8. The van der Waals surface area contributed by atoms with Crippen molar-refractivity contribution in [2.75, 3.05) is 26.2 Å². The number of nitrogens with zero attached hydrogens (tertiary/aromatic N) is 3. The molecule has 2 aromatic rings. The number of rotatable bonds is 4. The van der Waals surface area contributed by atoms with Crippen molar-refractivity contribution in [3.63, 3.8) is 0 Å². The number of allylic oxidation sites excluding steroid dienone is 1. The van der Waals surface area contributed by atoms with E-state index in [0.717, 1.165) is 67.7 Å². The summed E-state index contributed by atoms with van der Waals surface area (Å²) in [6, 6.07) is 4.60. The van der Waals surface area contributed by atoms with Gasteiger partial charge in [-0.15, -0.1) is 0 Å². The predicted molar refractivity (Wildman–Crippen MR) is 114 cm³/mol. The molecule has 2 saturated heterocycles. The van der Waals surface area contributed by atoms with Crippen molar-refractivity contribution < 1.29 is 18.8 Å². The summed E-state index contributed by atoms with van der Waals surface area (Å²) in [6.07, 6.45) is 3.41. The molecule has 0 radical (unpaired) electrons. The van der Waals surface area contributed by atoms with E-state index in [1.807, 2.05) is 6.92 Å². The molecule has 5 rings (SSSR count). The van der Waals surface area contributed by atoms with Gasteiger partial charge in [0.15, 0.2) is 5.58 Å². The van der Waals surface area contributed by atoms with Gasteiger partial charge in [-0.1, -0.05) is 5.16 Å². The summed E-state index contributed by atoms with van der Waals surface area (Å²) in [6.45, 7) is 5.33. The Hall–Kier alpha value is -2.45. The average Bonchev–Trinajstić information content (AvgIpc) is 3.18. The molecule has 2 fully saturated rings. The second-order valence-corrected chi connectivity index (χ2v) is 8.98. The third-order valence-electron chi connectivity index (χ3n) is 7.05. The monoisotopic (exact) mass is 428 g/mol. The van der Waals surface area contributed by atoms with E-state index < -0.39 is 6.10 Å². The van der Waals surface area contributed by atoms with Crippen LogP contribution in [0.15, 0.2) is 34.0 Å². The average molecular weight is 429 g/mol. The van der Waals surface area contributed by atoms with Crippen LogP contribution in [0.3, 0.4) is 0 Å². The highest BCUT2D eigenvalue weighted by Gasteiger charge is 2.38. The van der Waals surface area contributed by atoms with Crippen LogP contribution >= 0.6 is 0 Å². The highest BCUT2D eigenvalue weighted by molar-refractivity contribution is 5.95. The lowest BCUT2D eigenvalue weighted by Crippen LogP contribution is -2.61. The van der Waals surface area contributed by atoms with Crippen LogP contribution in [0.25, 0.3) is 11.0 Å². The van der Waals surface area contributed by atoms with Gasteiger partial charge in [0.2, 0.25) is 0 Å². The summed E-state index contributed by atoms with van der Waals surface area (Å²) in [5.41, 5.74) is 3.15. The molecule has 1 aromatic heterocycles. The molecule has 0 saturated carbocycles. The van der Waals surface area contributed by atoms with Gasteiger partial charge in [0, 0.05) is 41.7 Å². The highest BCUT2D eigenvalue weighted by Crippen LogP contribution is 2.33. The number of piperidine rings is 2. The van der Waals surface area contributed by atoms with Gasteiger partial charge >= 0.3 is 0 Å². The van der Waals surface area contributed by atoms with Gasteiger partial charge in [-0.2, -0.15) is 0 Å². The van der Waals surface area contributed by atoms with E-state index in [-0.39, 0.29) is 17.9 Å². The molecule has 31 heavy (non-hydrogen) atoms. The second kappa shape index (κ2) is 8.24. The molecule has 166 valence electrons. The van der Waals surface area contributed by atoms with E-state index in [0.29, 0.717) is 24.5 Å². The number of aliphatic hydroxyl groups excluding tert-OH is 1. The maximum atomic E-state index is 13.4. The Kier molecular flexibility index (Phi) is 5.44. The van der Waals surface area contributed by atoms with Crippen LogP contribution in [0.5, 0.6) is 0 Å². The first kappa shape index (κ1) is 20.5. The fraction of sp³-hybridized carbons (Fsp3) is 0.565. The number of hydrogen-bond acceptors (Lipinski definition) is 6. The van der Waals surface area contributed by atoms with E-state index in [4.69, 9.17) is 4.52 Å². The number of hydrogen-bond donors (Lipinski definition) is 2. The summed E-state index contributed by atoms with van der Waals surface area (Å²) in [5, 5.41) is 18.7. The fourth-order valence-electron chi connectivity index (χ4n) is 5.24. The smallest absolute Gasteiger partial charge is 0.253 e. The molecule has 4 heterocycles. The van der Waals surface area contributed by atoms with Crippen molar-refractivity contribution in [2.24, 2.45) is 0 Å². The minimum atomic E-state index is -0.502. The Morgan fingerprint density at radius 1 is 1.26 bits per heavy atom. The van der Waals surface area contributed by atoms with Crippen molar-refractivity contribution in [3.05, 3.63) is 41.0 Å². The normalized spacial score (nSPS) is 25.8. The summed E-state index contributed by atoms with van der Waals surface area (Å²) in [7, 11) is 0. The first-order chi connectivity index (χ1) is 15.0. The zero-order valence-electron chi connectivity index (χ0n) is 17.8. The van der Waals surface area contributed by atoms with Gasteiger partial charge in [0.25, 0.3) is 5.91 Å². The molecule has 0 spiro atoms. The maximum Gasteiger partial charge on any atom is 0.253 e. The number of fused-ring (bicyclic) bond motifs is 2. The summed E-state index contributed by atoms with van der Waals surface area (Å²) < 4.78 is 18.7. The molecule has 0 bridgehead atoms. The molecule has 3 aliphatic heterocycles. The van der Waals surface area contributed by atoms with Crippen LogP contribution in [0.1, 0.15) is 50.6 Å².